The van der Waals surface area contributed by atoms with E-state index in [1.54, 1.807) is 31.5 Å². The highest BCUT2D eigenvalue weighted by Crippen LogP contribution is 2.42. The van der Waals surface area contributed by atoms with Gasteiger partial charge in [-0.05, 0) is 58.4 Å². The van der Waals surface area contributed by atoms with Crippen LogP contribution in [0.5, 0.6) is 11.6 Å². The Bertz CT molecular complexity index is 1920. The second-order valence-electron chi connectivity index (χ2n) is 13.2. The third-order valence-electron chi connectivity index (χ3n) is 8.56. The minimum Gasteiger partial charge on any atom is -0.598 e. The molecule has 11 nitrogen and oxygen atoms in total. The van der Waals surface area contributed by atoms with Gasteiger partial charge in [-0.1, -0.05) is 53.5 Å². The third kappa shape index (κ3) is 8.70. The molecule has 1 aliphatic heterocycles. The highest BCUT2D eigenvalue weighted by atomic mass is 35.5. The first-order valence-electron chi connectivity index (χ1n) is 16.3. The fourth-order valence-electron chi connectivity index (χ4n) is 5.82. The zero-order valence-electron chi connectivity index (χ0n) is 29.3. The van der Waals surface area contributed by atoms with Gasteiger partial charge in [-0.2, -0.15) is 0 Å². The molecule has 14 heteroatoms. The van der Waals surface area contributed by atoms with Crippen LogP contribution >= 0.6 is 23.2 Å². The molecule has 2 aromatic carbocycles. The fourth-order valence-corrected chi connectivity index (χ4v) is 7.27. The first kappa shape index (κ1) is 38.2. The number of carboxylic acid groups (broad SMARTS) is 1. The molecule has 1 aliphatic rings. The quantitative estimate of drug-likeness (QED) is 0.124. The lowest BCUT2D eigenvalue weighted by atomic mass is 9.98. The molecule has 51 heavy (non-hydrogen) atoms. The largest absolute Gasteiger partial charge is 0.598 e. The Morgan fingerprint density at radius 2 is 1.82 bits per heavy atom. The number of hydrogen-bond donors (Lipinski definition) is 3. The van der Waals surface area contributed by atoms with Crippen LogP contribution < -0.4 is 19.5 Å². The summed E-state index contributed by atoms with van der Waals surface area (Å²) < 4.78 is 26.8. The van der Waals surface area contributed by atoms with Gasteiger partial charge in [-0.15, -0.1) is 4.72 Å². The Morgan fingerprint density at radius 3 is 2.47 bits per heavy atom. The molecular formula is C37H41Cl2N5O6S. The van der Waals surface area contributed by atoms with Gasteiger partial charge in [0.25, 0.3) is 0 Å². The lowest BCUT2D eigenvalue weighted by Gasteiger charge is -2.27. The summed E-state index contributed by atoms with van der Waals surface area (Å²) >= 11 is 12.8. The number of carbonyl (C=O) groups is 2. The average molecular weight is 755 g/mol. The van der Waals surface area contributed by atoms with Gasteiger partial charge in [0.05, 0.1) is 48.2 Å². The van der Waals surface area contributed by atoms with E-state index in [0.29, 0.717) is 62.3 Å². The topological polar surface area (TPSA) is 149 Å². The van der Waals surface area contributed by atoms with Gasteiger partial charge in [0.2, 0.25) is 11.8 Å². The monoisotopic (exact) mass is 753 g/mol. The number of pyridine rings is 2. The minimum absolute atomic E-state index is 0.0267. The first-order valence-corrected chi connectivity index (χ1v) is 18.2. The number of halogens is 2. The molecule has 0 spiro atoms. The summed E-state index contributed by atoms with van der Waals surface area (Å²) in [5.41, 5.74) is 5.13. The number of hydrogen-bond acceptors (Lipinski definition) is 8. The predicted molar refractivity (Wildman–Crippen MR) is 201 cm³/mol. The predicted octanol–water partition coefficient (Wildman–Crippen LogP) is 7.67. The summed E-state index contributed by atoms with van der Waals surface area (Å²) in [6, 6.07) is 16.1. The molecule has 1 unspecified atom stereocenters. The second-order valence-corrected chi connectivity index (χ2v) is 16.0. The number of nitrogens with zero attached hydrogens (tertiary/aromatic N) is 3. The molecule has 0 saturated carbocycles. The van der Waals surface area contributed by atoms with E-state index in [9.17, 15) is 19.2 Å². The van der Waals surface area contributed by atoms with E-state index in [0.717, 1.165) is 11.1 Å². The van der Waals surface area contributed by atoms with E-state index in [1.807, 2.05) is 64.1 Å². The zero-order valence-corrected chi connectivity index (χ0v) is 31.6. The number of ether oxygens (including phenoxy) is 2. The van der Waals surface area contributed by atoms with Crippen molar-refractivity contribution in [3.63, 3.8) is 0 Å². The molecule has 4 aromatic rings. The van der Waals surface area contributed by atoms with Crippen molar-refractivity contribution >= 4 is 46.6 Å². The number of methoxy groups -OCH3 is 2. The van der Waals surface area contributed by atoms with Crippen LogP contribution in [0.25, 0.3) is 33.6 Å². The molecule has 2 aromatic heterocycles. The Kier molecular flexibility index (Phi) is 12.0. The van der Waals surface area contributed by atoms with Gasteiger partial charge in [0.1, 0.15) is 10.5 Å². The molecule has 1 saturated heterocycles. The number of amides is 2. The van der Waals surface area contributed by atoms with Crippen LogP contribution in [0.3, 0.4) is 0 Å². The molecule has 2 amide bonds. The number of aromatic nitrogens is 2. The summed E-state index contributed by atoms with van der Waals surface area (Å²) in [7, 11) is 3.06. The van der Waals surface area contributed by atoms with Crippen molar-refractivity contribution in [2.75, 3.05) is 20.8 Å². The molecule has 3 atom stereocenters. The van der Waals surface area contributed by atoms with Crippen LogP contribution in [0.15, 0.2) is 60.8 Å². The van der Waals surface area contributed by atoms with E-state index in [-0.39, 0.29) is 37.0 Å². The Balaban J connectivity index is 1.43. The third-order valence-corrected chi connectivity index (χ3v) is 11.0. The van der Waals surface area contributed by atoms with Crippen LogP contribution in [0.2, 0.25) is 10.0 Å². The van der Waals surface area contributed by atoms with E-state index in [2.05, 4.69) is 15.0 Å². The lowest BCUT2D eigenvalue weighted by Crippen LogP contribution is -2.41. The molecule has 0 radical (unpaired) electrons. The molecule has 0 aliphatic carbocycles. The van der Waals surface area contributed by atoms with Gasteiger partial charge in [-0.3, -0.25) is 9.78 Å². The second kappa shape index (κ2) is 16.1. The Labute approximate surface area is 311 Å². The maximum atomic E-state index is 12.7. The molecule has 270 valence electrons. The van der Waals surface area contributed by atoms with Crippen LogP contribution in [0.4, 0.5) is 4.79 Å². The van der Waals surface area contributed by atoms with Crippen molar-refractivity contribution in [2.24, 2.45) is 0 Å². The highest BCUT2D eigenvalue weighted by Gasteiger charge is 2.30. The van der Waals surface area contributed by atoms with Gasteiger partial charge < -0.3 is 29.3 Å². The molecule has 3 heterocycles. The van der Waals surface area contributed by atoms with E-state index < -0.39 is 22.2 Å². The minimum atomic E-state index is -1.27. The summed E-state index contributed by atoms with van der Waals surface area (Å²) in [4.78, 5) is 34.2. The van der Waals surface area contributed by atoms with Crippen molar-refractivity contribution in [3.05, 3.63) is 82.0 Å². The van der Waals surface area contributed by atoms with Crippen molar-refractivity contribution < 1.29 is 28.7 Å². The first-order chi connectivity index (χ1) is 24.2. The Morgan fingerprint density at radius 1 is 1.10 bits per heavy atom. The normalized spacial score (nSPS) is 15.6. The lowest BCUT2D eigenvalue weighted by molar-refractivity contribution is -0.119. The van der Waals surface area contributed by atoms with Crippen molar-refractivity contribution in [1.82, 2.24) is 24.9 Å². The summed E-state index contributed by atoms with van der Waals surface area (Å²) in [6.45, 7) is 7.85. The van der Waals surface area contributed by atoms with E-state index in [4.69, 9.17) is 37.7 Å². The van der Waals surface area contributed by atoms with Crippen molar-refractivity contribution in [2.45, 2.75) is 63.9 Å². The highest BCUT2D eigenvalue weighted by molar-refractivity contribution is 7.90. The number of benzene rings is 2. The van der Waals surface area contributed by atoms with Crippen LogP contribution in [0, 0.1) is 0 Å². The van der Waals surface area contributed by atoms with Gasteiger partial charge >= 0.3 is 6.09 Å². The van der Waals surface area contributed by atoms with Gasteiger partial charge in [-0.25, -0.2) is 9.78 Å². The fraction of sp³-hybridized carbons (Fsp3) is 0.351. The van der Waals surface area contributed by atoms with Gasteiger partial charge in [0.15, 0.2) is 0 Å². The average Bonchev–Trinajstić information content (AvgIpc) is 3.51. The molecule has 0 bridgehead atoms. The van der Waals surface area contributed by atoms with E-state index >= 15 is 0 Å². The summed E-state index contributed by atoms with van der Waals surface area (Å²) in [6.07, 6.45) is 1.51. The van der Waals surface area contributed by atoms with Gasteiger partial charge in [0, 0.05) is 69.9 Å². The summed E-state index contributed by atoms with van der Waals surface area (Å²) in [5.74, 6) is 0.773. The van der Waals surface area contributed by atoms with Crippen molar-refractivity contribution in [3.8, 4) is 45.3 Å². The smallest absolute Gasteiger partial charge is 0.407 e. The van der Waals surface area contributed by atoms with Crippen molar-refractivity contribution in [1.29, 1.82) is 0 Å². The summed E-state index contributed by atoms with van der Waals surface area (Å²) in [5, 5.41) is 13.5. The Hall–Kier alpha value is -4.07. The zero-order chi connectivity index (χ0) is 37.0. The number of carbonyl (C=O) groups excluding carboxylic acids is 1. The van der Waals surface area contributed by atoms with Crippen LogP contribution in [-0.2, 0) is 22.7 Å². The number of rotatable bonds is 12. The molecular weight excluding hydrogens is 713 g/mol. The number of nitrogens with one attached hydrogen (secondary N) is 2. The molecule has 3 N–H and O–H groups in total. The van der Waals surface area contributed by atoms with Crippen LogP contribution in [0.1, 0.15) is 57.7 Å². The standard InChI is InChI=1S/C37H41Cl2N5O6S/c1-21(43-51(48)37(2,3)4)25-13-10-22(18-30(25)49-5)34-33(39)27(16-17-40-34)26-8-7-9-28(32(26)38)29-14-11-23(35(42-29)50-6)19-44(36(46)47)20-24-12-15-31(45)41-24/h7-11,13-14,16-18,21,24,43H,12,15,19-20H2,1-6H3,(H,41,45)(H,46,47)/t21?,24-,51-/m0/s1. The van der Waals surface area contributed by atoms with E-state index in [1.165, 1.54) is 12.0 Å². The maximum absolute atomic E-state index is 12.7. The molecule has 1 fully saturated rings. The maximum Gasteiger partial charge on any atom is 0.407 e. The van der Waals surface area contributed by atoms with Crippen LogP contribution in [-0.4, -0.2) is 68.1 Å². The SMILES string of the molecule is COc1cc(-c2nccc(-c3cccc(-c4ccc(CN(C[C@@H]5CCC(=O)N5)C(=O)O)c(OC)n4)c3Cl)c2Cl)ccc1C(C)N[S@@+]([O-])C(C)(C)C. The molecule has 5 rings (SSSR count).